The van der Waals surface area contributed by atoms with Crippen molar-refractivity contribution in [1.29, 1.82) is 0 Å². The number of anilines is 1. The minimum absolute atomic E-state index is 0.170. The zero-order valence-corrected chi connectivity index (χ0v) is 11.9. The summed E-state index contributed by atoms with van der Waals surface area (Å²) in [6.45, 7) is 4.17. The highest BCUT2D eigenvalue weighted by Crippen LogP contribution is 2.43. The quantitative estimate of drug-likeness (QED) is 0.925. The molecule has 0 fully saturated rings. The molecule has 0 bridgehead atoms. The summed E-state index contributed by atoms with van der Waals surface area (Å²) in [5, 5.41) is 3.00. The lowest BCUT2D eigenvalue weighted by Crippen LogP contribution is -2.24. The Bertz CT molecular complexity index is 638. The van der Waals surface area contributed by atoms with E-state index >= 15 is 0 Å². The van der Waals surface area contributed by atoms with E-state index in [1.807, 2.05) is 31.3 Å². The maximum Gasteiger partial charge on any atom is 0.169 e. The van der Waals surface area contributed by atoms with Gasteiger partial charge < -0.3 is 14.8 Å². The second-order valence-corrected chi connectivity index (χ2v) is 5.51. The fourth-order valence-corrected chi connectivity index (χ4v) is 2.41. The Labute approximate surface area is 118 Å². The van der Waals surface area contributed by atoms with Crippen molar-refractivity contribution in [3.63, 3.8) is 0 Å². The van der Waals surface area contributed by atoms with E-state index in [4.69, 9.17) is 9.47 Å². The highest BCUT2D eigenvalue weighted by atomic mass is 16.5. The molecule has 1 aromatic carbocycles. The van der Waals surface area contributed by atoms with Gasteiger partial charge in [-0.25, -0.2) is 4.98 Å². The summed E-state index contributed by atoms with van der Waals surface area (Å²) in [5.74, 6) is 3.11. The molecular weight excluding hydrogens is 252 g/mol. The van der Waals surface area contributed by atoms with Gasteiger partial charge >= 0.3 is 0 Å². The maximum atomic E-state index is 6.00. The van der Waals surface area contributed by atoms with E-state index in [9.17, 15) is 0 Å². The summed E-state index contributed by atoms with van der Waals surface area (Å²) in [7, 11) is 1.83. The third-order valence-electron chi connectivity index (χ3n) is 3.27. The predicted octanol–water partition coefficient (Wildman–Crippen LogP) is 3.63. The summed E-state index contributed by atoms with van der Waals surface area (Å²) in [5.41, 5.74) is 1.02. The molecule has 0 radical (unpaired) electrons. The second-order valence-electron chi connectivity index (χ2n) is 5.51. The van der Waals surface area contributed by atoms with Crippen LogP contribution in [-0.4, -0.2) is 17.6 Å². The van der Waals surface area contributed by atoms with Gasteiger partial charge in [0, 0.05) is 31.3 Å². The lowest BCUT2D eigenvalue weighted by atomic mass is 10.0. The smallest absolute Gasteiger partial charge is 0.169 e. The van der Waals surface area contributed by atoms with Gasteiger partial charge in [-0.15, -0.1) is 0 Å². The third kappa shape index (κ3) is 2.41. The van der Waals surface area contributed by atoms with Gasteiger partial charge in [0.2, 0.25) is 0 Å². The number of nitrogens with zero attached hydrogens (tertiary/aromatic N) is 1. The molecule has 4 nitrogen and oxygen atoms in total. The van der Waals surface area contributed by atoms with Crippen LogP contribution < -0.4 is 14.8 Å². The van der Waals surface area contributed by atoms with E-state index in [0.29, 0.717) is 0 Å². The molecule has 1 aliphatic rings. The van der Waals surface area contributed by atoms with Crippen molar-refractivity contribution < 1.29 is 9.47 Å². The Morgan fingerprint density at radius 3 is 2.95 bits per heavy atom. The Hall–Kier alpha value is -2.23. The number of nitrogens with one attached hydrogen (secondary N) is 1. The molecule has 0 atom stereocenters. The molecule has 1 aromatic heterocycles. The summed E-state index contributed by atoms with van der Waals surface area (Å²) in [6.07, 6.45) is 2.62. The Morgan fingerprint density at radius 1 is 1.30 bits per heavy atom. The van der Waals surface area contributed by atoms with Crippen LogP contribution in [0.5, 0.6) is 17.2 Å². The summed E-state index contributed by atoms with van der Waals surface area (Å²) in [4.78, 5) is 4.17. The van der Waals surface area contributed by atoms with Gasteiger partial charge in [0.1, 0.15) is 17.2 Å². The van der Waals surface area contributed by atoms with Crippen LogP contribution in [0.4, 0.5) is 5.82 Å². The Kier molecular flexibility index (Phi) is 3.01. The van der Waals surface area contributed by atoms with Gasteiger partial charge in [-0.2, -0.15) is 0 Å². The average Bonchev–Trinajstić information content (AvgIpc) is 2.74. The highest BCUT2D eigenvalue weighted by molar-refractivity contribution is 5.52. The number of hydrogen-bond donors (Lipinski definition) is 1. The molecule has 1 aliphatic heterocycles. The number of aromatic nitrogens is 1. The number of hydrogen-bond acceptors (Lipinski definition) is 4. The van der Waals surface area contributed by atoms with Gasteiger partial charge in [0.05, 0.1) is 0 Å². The van der Waals surface area contributed by atoms with Crippen LogP contribution in [-0.2, 0) is 6.42 Å². The maximum absolute atomic E-state index is 6.00. The monoisotopic (exact) mass is 270 g/mol. The molecule has 0 saturated carbocycles. The highest BCUT2D eigenvalue weighted by Gasteiger charge is 2.32. The molecule has 0 amide bonds. The number of ether oxygens (including phenoxy) is 2. The van der Waals surface area contributed by atoms with Gasteiger partial charge in [0.15, 0.2) is 11.5 Å². The molecule has 20 heavy (non-hydrogen) atoms. The standard InChI is InChI=1S/C16H18N2O2/c1-16(2)10-11-5-4-6-13(15(11)20-16)19-12-7-8-18-14(9-12)17-3/h4-9H,10H2,1-3H3,(H,17,18). The van der Waals surface area contributed by atoms with E-state index in [0.717, 1.165) is 29.5 Å². The fourth-order valence-electron chi connectivity index (χ4n) is 2.41. The third-order valence-corrected chi connectivity index (χ3v) is 3.27. The van der Waals surface area contributed by atoms with E-state index in [-0.39, 0.29) is 5.60 Å². The van der Waals surface area contributed by atoms with Crippen LogP contribution in [0, 0.1) is 0 Å². The lowest BCUT2D eigenvalue weighted by molar-refractivity contribution is 0.135. The molecule has 104 valence electrons. The molecule has 4 heteroatoms. The van der Waals surface area contributed by atoms with E-state index < -0.39 is 0 Å². The molecule has 1 N–H and O–H groups in total. The SMILES string of the molecule is CNc1cc(Oc2cccc3c2OC(C)(C)C3)ccn1. The second kappa shape index (κ2) is 4.71. The zero-order valence-electron chi connectivity index (χ0n) is 11.9. The number of para-hydroxylation sites is 1. The van der Waals surface area contributed by atoms with E-state index in [1.165, 1.54) is 5.56 Å². The van der Waals surface area contributed by atoms with Crippen LogP contribution in [0.3, 0.4) is 0 Å². The van der Waals surface area contributed by atoms with Crippen LogP contribution in [0.2, 0.25) is 0 Å². The normalized spacial score (nSPS) is 15.3. The van der Waals surface area contributed by atoms with E-state index in [2.05, 4.69) is 30.2 Å². The van der Waals surface area contributed by atoms with Crippen molar-refractivity contribution >= 4 is 5.82 Å². The van der Waals surface area contributed by atoms with Crippen LogP contribution in [0.1, 0.15) is 19.4 Å². The topological polar surface area (TPSA) is 43.4 Å². The minimum Gasteiger partial charge on any atom is -0.483 e. The van der Waals surface area contributed by atoms with Crippen LogP contribution >= 0.6 is 0 Å². The van der Waals surface area contributed by atoms with Crippen molar-refractivity contribution in [2.75, 3.05) is 12.4 Å². The van der Waals surface area contributed by atoms with Gasteiger partial charge in [-0.05, 0) is 26.0 Å². The number of benzene rings is 1. The van der Waals surface area contributed by atoms with Crippen molar-refractivity contribution in [3.05, 3.63) is 42.1 Å². The Morgan fingerprint density at radius 2 is 2.15 bits per heavy atom. The summed E-state index contributed by atoms with van der Waals surface area (Å²) < 4.78 is 11.9. The summed E-state index contributed by atoms with van der Waals surface area (Å²) >= 11 is 0. The fraction of sp³-hybridized carbons (Fsp3) is 0.312. The molecule has 0 aliphatic carbocycles. The molecule has 3 rings (SSSR count). The van der Waals surface area contributed by atoms with Gasteiger partial charge in [-0.1, -0.05) is 12.1 Å². The first kappa shape index (κ1) is 12.8. The first-order valence-corrected chi connectivity index (χ1v) is 6.70. The van der Waals surface area contributed by atoms with Gasteiger partial charge in [0.25, 0.3) is 0 Å². The van der Waals surface area contributed by atoms with Crippen molar-refractivity contribution in [1.82, 2.24) is 4.98 Å². The molecule has 2 heterocycles. The Balaban J connectivity index is 1.91. The van der Waals surface area contributed by atoms with Gasteiger partial charge in [-0.3, -0.25) is 0 Å². The predicted molar refractivity (Wildman–Crippen MR) is 78.7 cm³/mol. The molecular formula is C16H18N2O2. The average molecular weight is 270 g/mol. The number of rotatable bonds is 3. The molecule has 0 saturated heterocycles. The lowest BCUT2D eigenvalue weighted by Gasteiger charge is -2.18. The number of fused-ring (bicyclic) bond motifs is 1. The first-order valence-electron chi connectivity index (χ1n) is 6.70. The first-order chi connectivity index (χ1) is 9.57. The zero-order chi connectivity index (χ0) is 14.2. The van der Waals surface area contributed by atoms with Crippen LogP contribution in [0.15, 0.2) is 36.5 Å². The minimum atomic E-state index is -0.170. The largest absolute Gasteiger partial charge is 0.483 e. The molecule has 2 aromatic rings. The number of pyridine rings is 1. The summed E-state index contributed by atoms with van der Waals surface area (Å²) in [6, 6.07) is 9.71. The van der Waals surface area contributed by atoms with E-state index in [1.54, 1.807) is 6.20 Å². The van der Waals surface area contributed by atoms with Crippen LogP contribution in [0.25, 0.3) is 0 Å². The van der Waals surface area contributed by atoms with Crippen molar-refractivity contribution in [2.24, 2.45) is 0 Å². The molecule has 0 unspecified atom stereocenters. The molecule has 0 spiro atoms. The van der Waals surface area contributed by atoms with Crippen molar-refractivity contribution in [3.8, 4) is 17.2 Å². The van der Waals surface area contributed by atoms with Crippen molar-refractivity contribution in [2.45, 2.75) is 25.9 Å².